The van der Waals surface area contributed by atoms with Gasteiger partial charge in [-0.05, 0) is 19.8 Å². The predicted molar refractivity (Wildman–Crippen MR) is 48.8 cm³/mol. The quantitative estimate of drug-likeness (QED) is 0.586. The van der Waals surface area contributed by atoms with Gasteiger partial charge in [0.2, 0.25) is 0 Å². The molecule has 0 amide bonds. The SMILES string of the molecule is CCCOCCCOC(C)C(=O)O. The monoisotopic (exact) mass is 190 g/mol. The maximum atomic E-state index is 10.3. The number of carboxylic acids is 1. The summed E-state index contributed by atoms with van der Waals surface area (Å²) in [5.41, 5.74) is 0. The molecule has 78 valence electrons. The van der Waals surface area contributed by atoms with Gasteiger partial charge in [0.25, 0.3) is 0 Å². The van der Waals surface area contributed by atoms with Crippen LogP contribution in [0.2, 0.25) is 0 Å². The third-order valence-corrected chi connectivity index (χ3v) is 1.50. The van der Waals surface area contributed by atoms with E-state index in [-0.39, 0.29) is 0 Å². The second-order valence-electron chi connectivity index (χ2n) is 2.82. The molecule has 1 N–H and O–H groups in total. The molecule has 0 heterocycles. The van der Waals surface area contributed by atoms with E-state index in [1.54, 1.807) is 0 Å². The highest BCUT2D eigenvalue weighted by Gasteiger charge is 2.09. The lowest BCUT2D eigenvalue weighted by Crippen LogP contribution is -2.20. The van der Waals surface area contributed by atoms with Crippen molar-refractivity contribution in [1.29, 1.82) is 0 Å². The lowest BCUT2D eigenvalue weighted by molar-refractivity contribution is -0.149. The van der Waals surface area contributed by atoms with Crippen molar-refractivity contribution < 1.29 is 19.4 Å². The average molecular weight is 190 g/mol. The molecule has 0 rings (SSSR count). The Bertz CT molecular complexity index is 136. The Balaban J connectivity index is 3.11. The number of hydrogen-bond donors (Lipinski definition) is 1. The van der Waals surface area contributed by atoms with Crippen LogP contribution in [0, 0.1) is 0 Å². The number of carbonyl (C=O) groups is 1. The fourth-order valence-corrected chi connectivity index (χ4v) is 0.739. The molecule has 4 heteroatoms. The third-order valence-electron chi connectivity index (χ3n) is 1.50. The molecule has 0 spiro atoms. The first kappa shape index (κ1) is 12.4. The van der Waals surface area contributed by atoms with Crippen molar-refractivity contribution in [2.24, 2.45) is 0 Å². The normalized spacial score (nSPS) is 12.8. The average Bonchev–Trinajstić information content (AvgIpc) is 2.10. The summed E-state index contributed by atoms with van der Waals surface area (Å²) in [5, 5.41) is 8.47. The van der Waals surface area contributed by atoms with Gasteiger partial charge in [0.15, 0.2) is 6.10 Å². The van der Waals surface area contributed by atoms with Gasteiger partial charge in [-0.2, -0.15) is 0 Å². The summed E-state index contributed by atoms with van der Waals surface area (Å²) in [6.45, 7) is 5.41. The highest BCUT2D eigenvalue weighted by Crippen LogP contribution is 1.93. The summed E-state index contributed by atoms with van der Waals surface area (Å²) >= 11 is 0. The van der Waals surface area contributed by atoms with Gasteiger partial charge in [0, 0.05) is 19.8 Å². The largest absolute Gasteiger partial charge is 0.479 e. The van der Waals surface area contributed by atoms with Crippen molar-refractivity contribution in [2.45, 2.75) is 32.8 Å². The van der Waals surface area contributed by atoms with Crippen LogP contribution in [-0.2, 0) is 14.3 Å². The van der Waals surface area contributed by atoms with Gasteiger partial charge >= 0.3 is 5.97 Å². The van der Waals surface area contributed by atoms with Gasteiger partial charge in [0.05, 0.1) is 0 Å². The van der Waals surface area contributed by atoms with Gasteiger partial charge in [-0.3, -0.25) is 0 Å². The van der Waals surface area contributed by atoms with Gasteiger partial charge in [-0.25, -0.2) is 4.79 Å². The van der Waals surface area contributed by atoms with Crippen LogP contribution in [0.3, 0.4) is 0 Å². The molecule has 0 aromatic heterocycles. The van der Waals surface area contributed by atoms with Crippen molar-refractivity contribution in [3.63, 3.8) is 0 Å². The number of rotatable bonds is 8. The van der Waals surface area contributed by atoms with E-state index in [1.165, 1.54) is 6.92 Å². The van der Waals surface area contributed by atoms with Crippen LogP contribution in [0.4, 0.5) is 0 Å². The minimum absolute atomic E-state index is 0.442. The van der Waals surface area contributed by atoms with Gasteiger partial charge < -0.3 is 14.6 Å². The Morgan fingerprint density at radius 2 is 2.08 bits per heavy atom. The van der Waals surface area contributed by atoms with Gasteiger partial charge in [-0.15, -0.1) is 0 Å². The molecule has 0 aliphatic carbocycles. The van der Waals surface area contributed by atoms with Gasteiger partial charge in [0.1, 0.15) is 0 Å². The summed E-state index contributed by atoms with van der Waals surface area (Å²) in [5.74, 6) is -0.922. The van der Waals surface area contributed by atoms with Crippen molar-refractivity contribution in [2.75, 3.05) is 19.8 Å². The molecule has 13 heavy (non-hydrogen) atoms. The summed E-state index contributed by atoms with van der Waals surface area (Å²) in [7, 11) is 0. The van der Waals surface area contributed by atoms with Crippen LogP contribution in [-0.4, -0.2) is 37.0 Å². The topological polar surface area (TPSA) is 55.8 Å². The Morgan fingerprint density at radius 3 is 2.62 bits per heavy atom. The first-order valence-electron chi connectivity index (χ1n) is 4.60. The molecular formula is C9H18O4. The molecule has 0 aliphatic heterocycles. The first-order chi connectivity index (χ1) is 6.18. The van der Waals surface area contributed by atoms with E-state index < -0.39 is 12.1 Å². The molecule has 0 aromatic rings. The van der Waals surface area contributed by atoms with E-state index in [1.807, 2.05) is 6.92 Å². The highest BCUT2D eigenvalue weighted by atomic mass is 16.5. The Hall–Kier alpha value is -0.610. The second-order valence-corrected chi connectivity index (χ2v) is 2.82. The highest BCUT2D eigenvalue weighted by molar-refractivity contribution is 5.71. The zero-order chi connectivity index (χ0) is 10.1. The maximum absolute atomic E-state index is 10.3. The Morgan fingerprint density at radius 1 is 1.38 bits per heavy atom. The van der Waals surface area contributed by atoms with E-state index in [0.717, 1.165) is 19.4 Å². The van der Waals surface area contributed by atoms with Crippen LogP contribution in [0.15, 0.2) is 0 Å². The Labute approximate surface area is 78.8 Å². The standard InChI is InChI=1S/C9H18O4/c1-3-5-12-6-4-7-13-8(2)9(10)11/h8H,3-7H2,1-2H3,(H,10,11). The van der Waals surface area contributed by atoms with Crippen LogP contribution >= 0.6 is 0 Å². The maximum Gasteiger partial charge on any atom is 0.332 e. The van der Waals surface area contributed by atoms with Crippen LogP contribution in [0.1, 0.15) is 26.7 Å². The molecular weight excluding hydrogens is 172 g/mol. The number of hydrogen-bond acceptors (Lipinski definition) is 3. The molecule has 4 nitrogen and oxygen atoms in total. The number of aliphatic carboxylic acids is 1. The van der Waals surface area contributed by atoms with Crippen molar-refractivity contribution in [3.8, 4) is 0 Å². The fourth-order valence-electron chi connectivity index (χ4n) is 0.739. The van der Waals surface area contributed by atoms with Crippen LogP contribution in [0.25, 0.3) is 0 Å². The number of carboxylic acid groups (broad SMARTS) is 1. The van der Waals surface area contributed by atoms with E-state index >= 15 is 0 Å². The molecule has 0 fully saturated rings. The minimum Gasteiger partial charge on any atom is -0.479 e. The summed E-state index contributed by atoms with van der Waals surface area (Å²) < 4.78 is 10.2. The van der Waals surface area contributed by atoms with Crippen molar-refractivity contribution in [1.82, 2.24) is 0 Å². The Kier molecular flexibility index (Phi) is 7.63. The summed E-state index contributed by atoms with van der Waals surface area (Å²) in [6, 6.07) is 0. The first-order valence-corrected chi connectivity index (χ1v) is 4.60. The molecule has 0 saturated carbocycles. The van der Waals surface area contributed by atoms with Crippen LogP contribution in [0.5, 0.6) is 0 Å². The van der Waals surface area contributed by atoms with E-state index in [4.69, 9.17) is 14.6 Å². The molecule has 0 aliphatic rings. The zero-order valence-electron chi connectivity index (χ0n) is 8.28. The minimum atomic E-state index is -0.922. The van der Waals surface area contributed by atoms with E-state index in [0.29, 0.717) is 13.2 Å². The van der Waals surface area contributed by atoms with E-state index in [2.05, 4.69) is 0 Å². The smallest absolute Gasteiger partial charge is 0.332 e. The fraction of sp³-hybridized carbons (Fsp3) is 0.889. The summed E-state index contributed by atoms with van der Waals surface area (Å²) in [6.07, 6.45) is 1.04. The van der Waals surface area contributed by atoms with Crippen LogP contribution < -0.4 is 0 Å². The lowest BCUT2D eigenvalue weighted by Gasteiger charge is -2.07. The summed E-state index contributed by atoms with van der Waals surface area (Å²) in [4.78, 5) is 10.3. The molecule has 0 bridgehead atoms. The zero-order valence-corrected chi connectivity index (χ0v) is 8.28. The predicted octanol–water partition coefficient (Wildman–Crippen LogP) is 1.29. The van der Waals surface area contributed by atoms with Crippen molar-refractivity contribution >= 4 is 5.97 Å². The molecule has 1 atom stereocenters. The lowest BCUT2D eigenvalue weighted by atomic mass is 10.4. The van der Waals surface area contributed by atoms with E-state index in [9.17, 15) is 4.79 Å². The number of ether oxygens (including phenoxy) is 2. The molecule has 0 radical (unpaired) electrons. The third kappa shape index (κ3) is 7.74. The van der Waals surface area contributed by atoms with Crippen molar-refractivity contribution in [3.05, 3.63) is 0 Å². The molecule has 0 saturated heterocycles. The molecule has 1 unspecified atom stereocenters. The second kappa shape index (κ2) is 8.01. The molecule has 0 aromatic carbocycles. The van der Waals surface area contributed by atoms with Gasteiger partial charge in [-0.1, -0.05) is 6.92 Å².